The monoisotopic (exact) mass is 255 g/mol. The molecule has 2 saturated heterocycles. The third kappa shape index (κ3) is 4.87. The van der Waals surface area contributed by atoms with Gasteiger partial charge in [0.2, 0.25) is 0 Å². The first kappa shape index (κ1) is 14.3. The zero-order chi connectivity index (χ0) is 12.6. The van der Waals surface area contributed by atoms with Gasteiger partial charge < -0.3 is 14.8 Å². The molecule has 106 valence electrons. The molecule has 0 aromatic heterocycles. The average molecular weight is 255 g/mol. The van der Waals surface area contributed by atoms with E-state index >= 15 is 0 Å². The van der Waals surface area contributed by atoms with Crippen molar-refractivity contribution in [2.75, 3.05) is 33.0 Å². The molecule has 0 aromatic carbocycles. The van der Waals surface area contributed by atoms with E-state index in [1.165, 1.54) is 45.1 Å². The summed E-state index contributed by atoms with van der Waals surface area (Å²) >= 11 is 0. The lowest BCUT2D eigenvalue weighted by atomic mass is 9.94. The fourth-order valence-electron chi connectivity index (χ4n) is 3.06. The molecule has 2 aliphatic heterocycles. The van der Waals surface area contributed by atoms with E-state index in [4.69, 9.17) is 9.47 Å². The minimum Gasteiger partial charge on any atom is -0.381 e. The molecule has 3 heteroatoms. The maximum Gasteiger partial charge on any atom is 0.0506 e. The lowest BCUT2D eigenvalue weighted by Gasteiger charge is -2.29. The molecular weight excluding hydrogens is 226 g/mol. The quantitative estimate of drug-likeness (QED) is 0.740. The van der Waals surface area contributed by atoms with Gasteiger partial charge in [0.25, 0.3) is 0 Å². The van der Waals surface area contributed by atoms with E-state index in [2.05, 4.69) is 12.2 Å². The van der Waals surface area contributed by atoms with Gasteiger partial charge in [-0.1, -0.05) is 19.8 Å². The third-order valence-corrected chi connectivity index (χ3v) is 4.43. The molecule has 1 N–H and O–H groups in total. The van der Waals surface area contributed by atoms with Gasteiger partial charge in [0.15, 0.2) is 0 Å². The first-order valence-corrected chi connectivity index (χ1v) is 7.75. The second-order valence-corrected chi connectivity index (χ2v) is 5.95. The number of unbranched alkanes of at least 4 members (excludes halogenated alkanes) is 1. The maximum absolute atomic E-state index is 5.47. The number of ether oxygens (including phenoxy) is 2. The van der Waals surface area contributed by atoms with Crippen LogP contribution in [0.15, 0.2) is 0 Å². The van der Waals surface area contributed by atoms with E-state index in [1.54, 1.807) is 0 Å². The Morgan fingerprint density at radius 1 is 1.00 bits per heavy atom. The molecule has 0 aromatic rings. The predicted molar refractivity (Wildman–Crippen MR) is 73.8 cm³/mol. The van der Waals surface area contributed by atoms with Crippen molar-refractivity contribution in [1.82, 2.24) is 5.32 Å². The van der Waals surface area contributed by atoms with Crippen molar-refractivity contribution in [2.24, 2.45) is 11.8 Å². The summed E-state index contributed by atoms with van der Waals surface area (Å²) in [5.41, 5.74) is 0. The number of hydrogen-bond acceptors (Lipinski definition) is 3. The molecule has 2 fully saturated rings. The van der Waals surface area contributed by atoms with Gasteiger partial charge in [0.05, 0.1) is 6.61 Å². The van der Waals surface area contributed by atoms with Crippen LogP contribution in [0.1, 0.15) is 45.4 Å². The molecule has 0 aliphatic carbocycles. The van der Waals surface area contributed by atoms with Crippen LogP contribution in [0.2, 0.25) is 0 Å². The fourth-order valence-corrected chi connectivity index (χ4v) is 3.06. The predicted octanol–water partition coefficient (Wildman–Crippen LogP) is 2.60. The van der Waals surface area contributed by atoms with Crippen LogP contribution >= 0.6 is 0 Å². The molecule has 2 atom stereocenters. The molecule has 0 bridgehead atoms. The summed E-state index contributed by atoms with van der Waals surface area (Å²) in [6, 6.07) is 0.682. The summed E-state index contributed by atoms with van der Waals surface area (Å²) in [6.45, 7) is 7.31. The Hall–Kier alpha value is -0.120. The summed E-state index contributed by atoms with van der Waals surface area (Å²) in [5, 5.41) is 3.70. The van der Waals surface area contributed by atoms with Gasteiger partial charge in [-0.05, 0) is 44.1 Å². The summed E-state index contributed by atoms with van der Waals surface area (Å²) in [4.78, 5) is 0. The number of rotatable bonds is 6. The van der Waals surface area contributed by atoms with Gasteiger partial charge in [0.1, 0.15) is 0 Å². The Kier molecular flexibility index (Phi) is 6.46. The molecule has 2 heterocycles. The smallest absolute Gasteiger partial charge is 0.0506 e. The van der Waals surface area contributed by atoms with Crippen LogP contribution in [-0.2, 0) is 9.47 Å². The number of hydrogen-bond donors (Lipinski definition) is 1. The first-order chi connectivity index (χ1) is 8.86. The van der Waals surface area contributed by atoms with E-state index in [0.717, 1.165) is 32.3 Å². The second-order valence-electron chi connectivity index (χ2n) is 5.95. The standard InChI is InChI=1S/C15H29NO2/c1-13-12-18-11-7-15(13)16-8-3-2-4-14-5-9-17-10-6-14/h13-16H,2-12H2,1H3. The second kappa shape index (κ2) is 8.13. The molecule has 18 heavy (non-hydrogen) atoms. The lowest BCUT2D eigenvalue weighted by Crippen LogP contribution is -2.41. The van der Waals surface area contributed by atoms with Crippen LogP contribution < -0.4 is 5.32 Å². The van der Waals surface area contributed by atoms with Gasteiger partial charge >= 0.3 is 0 Å². The molecule has 2 rings (SSSR count). The van der Waals surface area contributed by atoms with Crippen molar-refractivity contribution in [3.63, 3.8) is 0 Å². The van der Waals surface area contributed by atoms with Crippen LogP contribution in [0.5, 0.6) is 0 Å². The highest BCUT2D eigenvalue weighted by molar-refractivity contribution is 4.76. The molecule has 0 amide bonds. The van der Waals surface area contributed by atoms with Crippen molar-refractivity contribution in [3.05, 3.63) is 0 Å². The van der Waals surface area contributed by atoms with E-state index < -0.39 is 0 Å². The summed E-state index contributed by atoms with van der Waals surface area (Å²) in [5.74, 6) is 1.61. The molecule has 3 nitrogen and oxygen atoms in total. The van der Waals surface area contributed by atoms with Crippen molar-refractivity contribution < 1.29 is 9.47 Å². The van der Waals surface area contributed by atoms with E-state index in [0.29, 0.717) is 12.0 Å². The summed E-state index contributed by atoms with van der Waals surface area (Å²) < 4.78 is 10.9. The number of nitrogens with one attached hydrogen (secondary N) is 1. The zero-order valence-electron chi connectivity index (χ0n) is 11.8. The van der Waals surface area contributed by atoms with Crippen LogP contribution in [-0.4, -0.2) is 39.0 Å². The van der Waals surface area contributed by atoms with Crippen LogP contribution in [0.4, 0.5) is 0 Å². The van der Waals surface area contributed by atoms with E-state index in [-0.39, 0.29) is 0 Å². The highest BCUT2D eigenvalue weighted by Gasteiger charge is 2.20. The van der Waals surface area contributed by atoms with E-state index in [9.17, 15) is 0 Å². The van der Waals surface area contributed by atoms with Crippen molar-refractivity contribution in [3.8, 4) is 0 Å². The highest BCUT2D eigenvalue weighted by atomic mass is 16.5. The summed E-state index contributed by atoms with van der Waals surface area (Å²) in [6.07, 6.45) is 7.83. The Labute approximate surface area is 112 Å². The maximum atomic E-state index is 5.47. The van der Waals surface area contributed by atoms with Gasteiger partial charge in [-0.25, -0.2) is 0 Å². The largest absolute Gasteiger partial charge is 0.381 e. The molecular formula is C15H29NO2. The van der Waals surface area contributed by atoms with Crippen molar-refractivity contribution >= 4 is 0 Å². The lowest BCUT2D eigenvalue weighted by molar-refractivity contribution is 0.0389. The topological polar surface area (TPSA) is 30.5 Å². The Morgan fingerprint density at radius 3 is 2.56 bits per heavy atom. The zero-order valence-corrected chi connectivity index (χ0v) is 11.8. The summed E-state index contributed by atoms with van der Waals surface area (Å²) in [7, 11) is 0. The Balaban J connectivity index is 1.47. The average Bonchev–Trinajstić information content (AvgIpc) is 2.42. The molecule has 0 spiro atoms. The Morgan fingerprint density at radius 2 is 1.78 bits per heavy atom. The third-order valence-electron chi connectivity index (χ3n) is 4.43. The van der Waals surface area contributed by atoms with Gasteiger partial charge in [-0.2, -0.15) is 0 Å². The fraction of sp³-hybridized carbons (Fsp3) is 1.00. The van der Waals surface area contributed by atoms with Gasteiger partial charge in [0, 0.05) is 25.9 Å². The molecule has 2 aliphatic rings. The molecule has 0 saturated carbocycles. The minimum absolute atomic E-state index is 0.675. The first-order valence-electron chi connectivity index (χ1n) is 7.75. The van der Waals surface area contributed by atoms with Crippen molar-refractivity contribution in [1.29, 1.82) is 0 Å². The molecule has 2 unspecified atom stereocenters. The van der Waals surface area contributed by atoms with Gasteiger partial charge in [-0.15, -0.1) is 0 Å². The van der Waals surface area contributed by atoms with Crippen LogP contribution in [0.3, 0.4) is 0 Å². The van der Waals surface area contributed by atoms with E-state index in [1.807, 2.05) is 0 Å². The van der Waals surface area contributed by atoms with Crippen molar-refractivity contribution in [2.45, 2.75) is 51.5 Å². The normalized spacial score (nSPS) is 30.5. The minimum atomic E-state index is 0.675. The SMILES string of the molecule is CC1COCCC1NCCCCC1CCOCC1. The van der Waals surface area contributed by atoms with Gasteiger partial charge in [-0.3, -0.25) is 0 Å². The molecule has 0 radical (unpaired) electrons. The van der Waals surface area contributed by atoms with Crippen LogP contribution in [0, 0.1) is 11.8 Å². The highest BCUT2D eigenvalue weighted by Crippen LogP contribution is 2.20. The Bertz CT molecular complexity index is 217. The van der Waals surface area contributed by atoms with Crippen LogP contribution in [0.25, 0.3) is 0 Å².